The number of nitrogens with one attached hydrogen (secondary N) is 6. The number of carbonyl (C=O) groups excluding carboxylic acids is 4. The van der Waals surface area contributed by atoms with Gasteiger partial charge in [0.2, 0.25) is 23.6 Å². The largest absolute Gasteiger partial charge is 0.384 e. The Labute approximate surface area is 304 Å². The second kappa shape index (κ2) is 21.4. The molecule has 15 heteroatoms. The molecular weight excluding hydrogens is 669 g/mol. The number of nitrogens with two attached hydrogens (primary N) is 1. The van der Waals surface area contributed by atoms with Crippen molar-refractivity contribution in [2.75, 3.05) is 77.1 Å². The third kappa shape index (κ3) is 15.7. The van der Waals surface area contributed by atoms with E-state index < -0.39 is 6.04 Å². The Morgan fingerprint density at radius 3 is 1.96 bits per heavy atom. The number of benzene rings is 2. The van der Waals surface area contributed by atoms with Gasteiger partial charge in [0.25, 0.3) is 0 Å². The van der Waals surface area contributed by atoms with Gasteiger partial charge in [0.15, 0.2) is 0 Å². The molecule has 1 heterocycles. The summed E-state index contributed by atoms with van der Waals surface area (Å²) in [6.45, 7) is 8.94. The third-order valence-electron chi connectivity index (χ3n) is 7.69. The highest BCUT2D eigenvalue weighted by molar-refractivity contribution is 7.95. The Bertz CT molecular complexity index is 1550. The first-order valence-electron chi connectivity index (χ1n) is 16.6. The van der Waals surface area contributed by atoms with Gasteiger partial charge in [0, 0.05) is 61.8 Å². The SMILES string of the molecule is C=C/C(=C\C=C\CNC(=O)CNC(=O)C(Cc1ccc(NC(=O)CN2CCN(CC(=O)Nc3ccc(C)cc3)CC2)cc1)NSN(C)C)C(=N)N. The molecule has 0 spiro atoms. The van der Waals surface area contributed by atoms with Crippen LogP contribution < -0.4 is 31.7 Å². The molecule has 2 aromatic rings. The zero-order valence-electron chi connectivity index (χ0n) is 29.5. The molecule has 2 aromatic carbocycles. The summed E-state index contributed by atoms with van der Waals surface area (Å²) in [5.74, 6) is -0.970. The van der Waals surface area contributed by atoms with Gasteiger partial charge in [0.05, 0.1) is 19.6 Å². The number of carbonyl (C=O) groups is 4. The number of aryl methyl sites for hydroxylation is 1. The number of nitrogens with zero attached hydrogens (tertiary/aromatic N) is 3. The van der Waals surface area contributed by atoms with Gasteiger partial charge in [-0.1, -0.05) is 60.7 Å². The minimum absolute atomic E-state index is 0.0557. The standard InChI is InChI=1S/C36H50N10O4S/c1-5-28(35(37)38)8-6-7-17-39-32(47)23-40-36(50)31(43-51-44(3)4)22-27-11-15-30(16-12-27)42-34(49)25-46-20-18-45(19-21-46)24-33(48)41-29-13-9-26(2)10-14-29/h5-16,31,43H,1,17-25H2,2-4H3,(H3,37,38)(H,39,47)(H,40,50)(H,41,48)(H,42,49)/b7-6+,28-8+. The smallest absolute Gasteiger partial charge is 0.239 e. The normalized spacial score (nSPS) is 14.5. The lowest BCUT2D eigenvalue weighted by atomic mass is 10.1. The van der Waals surface area contributed by atoms with E-state index >= 15 is 0 Å². The van der Waals surface area contributed by atoms with Gasteiger partial charge in [-0.05, 0) is 57.3 Å². The van der Waals surface area contributed by atoms with Crippen LogP contribution in [0.4, 0.5) is 11.4 Å². The van der Waals surface area contributed by atoms with Gasteiger partial charge in [0.1, 0.15) is 11.9 Å². The van der Waals surface area contributed by atoms with Crippen molar-refractivity contribution in [3.05, 3.63) is 96.1 Å². The fourth-order valence-corrected chi connectivity index (χ4v) is 5.43. The zero-order chi connectivity index (χ0) is 37.2. The number of amidine groups is 1. The van der Waals surface area contributed by atoms with E-state index in [1.54, 1.807) is 30.4 Å². The number of allylic oxidation sites excluding steroid dienone is 2. The van der Waals surface area contributed by atoms with Crippen LogP contribution in [0, 0.1) is 12.3 Å². The molecule has 0 aromatic heterocycles. The molecule has 1 saturated heterocycles. The van der Waals surface area contributed by atoms with E-state index in [2.05, 4.69) is 42.4 Å². The lowest BCUT2D eigenvalue weighted by Gasteiger charge is -2.33. The highest BCUT2D eigenvalue weighted by Gasteiger charge is 2.22. The maximum Gasteiger partial charge on any atom is 0.239 e. The summed E-state index contributed by atoms with van der Waals surface area (Å²) in [4.78, 5) is 54.7. The molecule has 0 saturated carbocycles. The minimum atomic E-state index is -0.632. The van der Waals surface area contributed by atoms with Crippen LogP contribution in [0.15, 0.2) is 85.0 Å². The Kier molecular flexibility index (Phi) is 17.1. The molecule has 51 heavy (non-hydrogen) atoms. The molecule has 0 bridgehead atoms. The Balaban J connectivity index is 1.41. The highest BCUT2D eigenvalue weighted by atomic mass is 32.2. The summed E-state index contributed by atoms with van der Waals surface area (Å²) in [5, 5.41) is 18.7. The number of anilines is 2. The van der Waals surface area contributed by atoms with Crippen LogP contribution in [0.25, 0.3) is 0 Å². The van der Waals surface area contributed by atoms with Crippen molar-refractivity contribution in [1.29, 1.82) is 5.41 Å². The van der Waals surface area contributed by atoms with Crippen molar-refractivity contribution < 1.29 is 19.2 Å². The van der Waals surface area contributed by atoms with Gasteiger partial charge < -0.3 is 27.0 Å². The van der Waals surface area contributed by atoms with Crippen LogP contribution in [0.3, 0.4) is 0 Å². The van der Waals surface area contributed by atoms with Crippen LogP contribution in [-0.4, -0.2) is 116 Å². The predicted molar refractivity (Wildman–Crippen MR) is 205 cm³/mol. The maximum atomic E-state index is 13.0. The van der Waals surface area contributed by atoms with Crippen molar-refractivity contribution in [2.24, 2.45) is 5.73 Å². The minimum Gasteiger partial charge on any atom is -0.384 e. The van der Waals surface area contributed by atoms with E-state index in [4.69, 9.17) is 11.1 Å². The number of hydrogen-bond donors (Lipinski definition) is 7. The maximum absolute atomic E-state index is 13.0. The van der Waals surface area contributed by atoms with Crippen molar-refractivity contribution in [3.63, 3.8) is 0 Å². The molecule has 14 nitrogen and oxygen atoms in total. The van der Waals surface area contributed by atoms with Gasteiger partial charge in [-0.2, -0.15) is 0 Å². The first kappa shape index (κ1) is 40.6. The van der Waals surface area contributed by atoms with Crippen LogP contribution in [0.5, 0.6) is 0 Å². The summed E-state index contributed by atoms with van der Waals surface area (Å²) in [5.41, 5.74) is 9.34. The van der Waals surface area contributed by atoms with Gasteiger partial charge in [-0.3, -0.25) is 34.4 Å². The van der Waals surface area contributed by atoms with Crippen molar-refractivity contribution >= 4 is 53.0 Å². The molecule has 1 aliphatic rings. The Hall–Kier alpha value is -4.80. The summed E-state index contributed by atoms with van der Waals surface area (Å²) in [6.07, 6.45) is 6.79. The Morgan fingerprint density at radius 2 is 1.45 bits per heavy atom. The molecule has 1 unspecified atom stereocenters. The van der Waals surface area contributed by atoms with Crippen molar-refractivity contribution in [1.82, 2.24) is 29.5 Å². The van der Waals surface area contributed by atoms with Crippen molar-refractivity contribution in [2.45, 2.75) is 19.4 Å². The van der Waals surface area contributed by atoms with E-state index in [0.717, 1.165) is 16.8 Å². The summed E-state index contributed by atoms with van der Waals surface area (Å²) >= 11 is 1.27. The average molecular weight is 719 g/mol. The zero-order valence-corrected chi connectivity index (χ0v) is 30.4. The molecule has 3 rings (SSSR count). The van der Waals surface area contributed by atoms with Crippen molar-refractivity contribution in [3.8, 4) is 0 Å². The van der Waals surface area contributed by atoms with Gasteiger partial charge in [-0.25, -0.2) is 9.03 Å². The number of hydrogen-bond acceptors (Lipinski definition) is 10. The summed E-state index contributed by atoms with van der Waals surface area (Å²) in [6, 6.07) is 14.4. The second-order valence-electron chi connectivity index (χ2n) is 12.2. The Morgan fingerprint density at radius 1 is 0.902 bits per heavy atom. The van der Waals surface area contributed by atoms with Gasteiger partial charge >= 0.3 is 0 Å². The summed E-state index contributed by atoms with van der Waals surface area (Å²) < 4.78 is 4.96. The molecular formula is C36H50N10O4S. The quantitative estimate of drug-likeness (QED) is 0.0487. The van der Waals surface area contributed by atoms with E-state index in [9.17, 15) is 19.2 Å². The number of amides is 4. The molecule has 1 fully saturated rings. The van der Waals surface area contributed by atoms with E-state index in [0.29, 0.717) is 50.4 Å². The van der Waals surface area contributed by atoms with Crippen LogP contribution in [0.2, 0.25) is 0 Å². The van der Waals surface area contributed by atoms with E-state index in [1.807, 2.05) is 61.7 Å². The number of piperazine rings is 1. The van der Waals surface area contributed by atoms with E-state index in [-0.39, 0.29) is 49.1 Å². The second-order valence-corrected chi connectivity index (χ2v) is 13.3. The lowest BCUT2D eigenvalue weighted by Crippen LogP contribution is -2.50. The topological polar surface area (TPSA) is 188 Å². The molecule has 0 radical (unpaired) electrons. The fourth-order valence-electron chi connectivity index (χ4n) is 4.90. The van der Waals surface area contributed by atoms with Crippen LogP contribution in [0.1, 0.15) is 11.1 Å². The molecule has 4 amide bonds. The molecule has 0 aliphatic carbocycles. The lowest BCUT2D eigenvalue weighted by molar-refractivity contribution is -0.126. The molecule has 1 atom stereocenters. The molecule has 1 aliphatic heterocycles. The fraction of sp³-hybridized carbons (Fsp3) is 0.361. The average Bonchev–Trinajstić information content (AvgIpc) is 3.09. The predicted octanol–water partition coefficient (Wildman–Crippen LogP) is 1.65. The monoisotopic (exact) mass is 718 g/mol. The number of rotatable bonds is 19. The van der Waals surface area contributed by atoms with Crippen LogP contribution in [-0.2, 0) is 25.6 Å². The van der Waals surface area contributed by atoms with Gasteiger partial charge in [-0.15, -0.1) is 0 Å². The first-order valence-corrected chi connectivity index (χ1v) is 17.4. The third-order valence-corrected chi connectivity index (χ3v) is 8.44. The summed E-state index contributed by atoms with van der Waals surface area (Å²) in [7, 11) is 3.70. The van der Waals surface area contributed by atoms with Crippen LogP contribution >= 0.6 is 12.1 Å². The van der Waals surface area contributed by atoms with E-state index in [1.165, 1.54) is 18.2 Å². The highest BCUT2D eigenvalue weighted by Crippen LogP contribution is 2.14. The first-order chi connectivity index (χ1) is 24.4. The molecule has 274 valence electrons. The molecule has 8 N–H and O–H groups in total.